The first-order valence-corrected chi connectivity index (χ1v) is 22.6. The van der Waals surface area contributed by atoms with Crippen molar-refractivity contribution < 1.29 is 95.2 Å². The van der Waals surface area contributed by atoms with Crippen molar-refractivity contribution in [3.8, 4) is 0 Å². The predicted molar refractivity (Wildman–Crippen MR) is 198 cm³/mol. The molecule has 7 atom stereocenters. The van der Waals surface area contributed by atoms with Gasteiger partial charge in [0.1, 0.15) is 42.0 Å². The molecule has 3 heterocycles. The maximum absolute atomic E-state index is 12.7. The molecule has 1 aliphatic rings. The second-order valence-corrected chi connectivity index (χ2v) is 18.6. The standard InChI is InChI=1S/C28H44N7O20P3S/c1-28(2,23(42)26(43)31-7-6-17(37)30-8-9-59-19(40)10-15(36)4-3-5-18(38)39)12-52-58(49,50)55-57(47,48)51-11-16-22(54-56(44,45)46)21(41)27(53-16)35-14-34-20-24(29)32-13-33-25(20)35/h13-14,16,21-23,27,41-42H,3-12H2,1-2H3,(H,30,37)(H,31,43)(H,38,39)(H,47,48)(H,49,50)(H2,29,32,33)(H2,44,45,46). The topological polar surface area (TPSA) is 418 Å². The van der Waals surface area contributed by atoms with E-state index in [-0.39, 0.29) is 67.9 Å². The van der Waals surface area contributed by atoms with Crippen LogP contribution in [-0.4, -0.2) is 140 Å². The lowest BCUT2D eigenvalue weighted by molar-refractivity contribution is -0.138. The van der Waals surface area contributed by atoms with Crippen molar-refractivity contribution in [3.05, 3.63) is 12.7 Å². The summed E-state index contributed by atoms with van der Waals surface area (Å²) in [4.78, 5) is 110. The number of thioether (sulfide) groups is 1. The highest BCUT2D eigenvalue weighted by Crippen LogP contribution is 2.61. The molecule has 59 heavy (non-hydrogen) atoms. The lowest BCUT2D eigenvalue weighted by Crippen LogP contribution is -2.46. The van der Waals surface area contributed by atoms with Gasteiger partial charge in [-0.1, -0.05) is 25.6 Å². The van der Waals surface area contributed by atoms with Crippen molar-refractivity contribution >= 4 is 80.9 Å². The molecule has 332 valence electrons. The smallest absolute Gasteiger partial charge is 0.481 e. The minimum Gasteiger partial charge on any atom is -0.481 e. The second-order valence-electron chi connectivity index (χ2n) is 13.3. The molecule has 0 aromatic carbocycles. The minimum absolute atomic E-state index is 0.0150. The van der Waals surface area contributed by atoms with Crippen LogP contribution in [0.1, 0.15) is 52.2 Å². The summed E-state index contributed by atoms with van der Waals surface area (Å²) in [5, 5.41) is 34.3. The number of fused-ring (bicyclic) bond motifs is 1. The number of Topliss-reactive ketones (excluding diaryl/α,β-unsaturated/α-hetero) is 1. The maximum Gasteiger partial charge on any atom is 0.481 e. The first-order chi connectivity index (χ1) is 27.3. The number of imidazole rings is 1. The molecule has 1 saturated heterocycles. The SMILES string of the molecule is CC(C)(COP(=O)(O)OP(=O)(O)OCC1OC(n2cnc3c(N)ncnc32)C(O)C1OP(=O)(O)O)C(O)C(=O)NCCC(=O)NCCSC(=O)CC(=O)CCCC(=O)O. The van der Waals surface area contributed by atoms with Crippen LogP contribution in [0.25, 0.3) is 11.2 Å². The van der Waals surface area contributed by atoms with Crippen LogP contribution >= 0.6 is 35.2 Å². The molecule has 1 fully saturated rings. The Hall–Kier alpha value is -3.30. The number of aromatic nitrogens is 4. The van der Waals surface area contributed by atoms with Gasteiger partial charge in [-0.25, -0.2) is 28.6 Å². The lowest BCUT2D eigenvalue weighted by Gasteiger charge is -2.30. The van der Waals surface area contributed by atoms with Gasteiger partial charge in [0, 0.05) is 43.5 Å². The van der Waals surface area contributed by atoms with Crippen LogP contribution in [0.3, 0.4) is 0 Å². The van der Waals surface area contributed by atoms with E-state index < -0.39 is 101 Å². The van der Waals surface area contributed by atoms with E-state index in [1.54, 1.807) is 0 Å². The van der Waals surface area contributed by atoms with Gasteiger partial charge in [-0.2, -0.15) is 4.31 Å². The normalized spacial score (nSPS) is 21.0. The van der Waals surface area contributed by atoms with Crippen LogP contribution in [0.15, 0.2) is 12.7 Å². The van der Waals surface area contributed by atoms with E-state index in [2.05, 4.69) is 34.4 Å². The summed E-state index contributed by atoms with van der Waals surface area (Å²) in [5.41, 5.74) is 4.18. The van der Waals surface area contributed by atoms with Gasteiger partial charge in [0.15, 0.2) is 22.8 Å². The van der Waals surface area contributed by atoms with Gasteiger partial charge in [0.2, 0.25) is 11.8 Å². The fraction of sp³-hybridized carbons (Fsp3) is 0.643. The third-order valence-corrected chi connectivity index (χ3v) is 11.9. The molecule has 0 radical (unpaired) electrons. The average molecular weight is 924 g/mol. The number of carbonyl (C=O) groups excluding carboxylic acids is 4. The zero-order chi connectivity index (χ0) is 44.3. The fourth-order valence-corrected chi connectivity index (χ4v) is 8.56. The number of phosphoric acid groups is 3. The van der Waals surface area contributed by atoms with Gasteiger partial charge >= 0.3 is 29.4 Å². The van der Waals surface area contributed by atoms with Gasteiger partial charge in [-0.3, -0.25) is 42.1 Å². The summed E-state index contributed by atoms with van der Waals surface area (Å²) in [6.45, 7) is 0.116. The number of nitrogens with one attached hydrogen (secondary N) is 2. The molecule has 11 N–H and O–H groups in total. The zero-order valence-corrected chi connectivity index (χ0v) is 34.7. The Bertz CT molecular complexity index is 1980. The number of hydrogen-bond donors (Lipinski definition) is 10. The number of carboxylic acid groups (broad SMARTS) is 1. The predicted octanol–water partition coefficient (Wildman–Crippen LogP) is -1.12. The summed E-state index contributed by atoms with van der Waals surface area (Å²) in [7, 11) is -16.5. The van der Waals surface area contributed by atoms with Gasteiger partial charge in [-0.15, -0.1) is 0 Å². The molecule has 0 saturated carbocycles. The number of ether oxygens (including phenoxy) is 1. The molecule has 2 aromatic heterocycles. The summed E-state index contributed by atoms with van der Waals surface area (Å²) >= 11 is 0.801. The first-order valence-electron chi connectivity index (χ1n) is 17.1. The van der Waals surface area contributed by atoms with Crippen molar-refractivity contribution in [1.29, 1.82) is 0 Å². The maximum atomic E-state index is 12.7. The first kappa shape index (κ1) is 50.1. The van der Waals surface area contributed by atoms with Crippen LogP contribution < -0.4 is 16.4 Å². The second kappa shape index (κ2) is 21.5. The van der Waals surface area contributed by atoms with Crippen LogP contribution in [0, 0.1) is 5.41 Å². The number of nitrogens with two attached hydrogens (primary N) is 1. The Kier molecular flexibility index (Phi) is 18.2. The van der Waals surface area contributed by atoms with Crippen molar-refractivity contribution in [2.45, 2.75) is 76.6 Å². The van der Waals surface area contributed by atoms with Gasteiger partial charge in [0.25, 0.3) is 0 Å². The molecule has 27 nitrogen and oxygen atoms in total. The lowest BCUT2D eigenvalue weighted by atomic mass is 9.87. The van der Waals surface area contributed by atoms with Crippen molar-refractivity contribution in [1.82, 2.24) is 30.2 Å². The van der Waals surface area contributed by atoms with Crippen molar-refractivity contribution in [2.75, 3.05) is 37.8 Å². The van der Waals surface area contributed by atoms with Crippen molar-refractivity contribution in [3.63, 3.8) is 0 Å². The number of aliphatic hydroxyl groups is 2. The molecule has 0 bridgehead atoms. The number of phosphoric ester groups is 3. The summed E-state index contributed by atoms with van der Waals surface area (Å²) < 4.78 is 62.0. The number of carbonyl (C=O) groups is 5. The summed E-state index contributed by atoms with van der Waals surface area (Å²) in [6, 6.07) is 0. The van der Waals surface area contributed by atoms with E-state index >= 15 is 0 Å². The Morgan fingerprint density at radius 1 is 1.00 bits per heavy atom. The average Bonchev–Trinajstić information content (AvgIpc) is 3.67. The van der Waals surface area contributed by atoms with Crippen molar-refractivity contribution in [2.24, 2.45) is 5.41 Å². The van der Waals surface area contributed by atoms with E-state index in [4.69, 9.17) is 24.6 Å². The highest BCUT2D eigenvalue weighted by atomic mass is 32.2. The highest BCUT2D eigenvalue weighted by Gasteiger charge is 2.50. The third kappa shape index (κ3) is 16.2. The van der Waals surface area contributed by atoms with E-state index in [1.807, 2.05) is 0 Å². The molecule has 2 amide bonds. The largest absolute Gasteiger partial charge is 0.481 e. The number of rotatable bonds is 25. The molecule has 0 spiro atoms. The molecule has 0 aliphatic carbocycles. The number of aliphatic carboxylic acids is 1. The number of anilines is 1. The Morgan fingerprint density at radius 3 is 2.34 bits per heavy atom. The number of nitrogen functional groups attached to an aromatic ring is 1. The van der Waals surface area contributed by atoms with Gasteiger partial charge in [0.05, 0.1) is 26.0 Å². The van der Waals surface area contributed by atoms with E-state index in [0.717, 1.165) is 29.0 Å². The third-order valence-electron chi connectivity index (χ3n) is 7.95. The summed E-state index contributed by atoms with van der Waals surface area (Å²) in [6.07, 6.45) is -7.65. The fourth-order valence-electron chi connectivity index (χ4n) is 5.03. The molecule has 2 aromatic rings. The number of carboxylic acids is 1. The number of amides is 2. The Balaban J connectivity index is 1.44. The molecule has 1 aliphatic heterocycles. The molecule has 7 unspecified atom stereocenters. The zero-order valence-electron chi connectivity index (χ0n) is 31.2. The number of hydrogen-bond acceptors (Lipinski definition) is 20. The van der Waals surface area contributed by atoms with Crippen LogP contribution in [0.2, 0.25) is 0 Å². The molecule has 3 rings (SSSR count). The van der Waals surface area contributed by atoms with E-state index in [1.165, 1.54) is 13.8 Å². The van der Waals surface area contributed by atoms with Crippen LogP contribution in [0.4, 0.5) is 5.82 Å². The monoisotopic (exact) mass is 923 g/mol. The Morgan fingerprint density at radius 2 is 1.68 bits per heavy atom. The number of nitrogens with zero attached hydrogens (tertiary/aromatic N) is 4. The number of ketones is 1. The highest BCUT2D eigenvalue weighted by molar-refractivity contribution is 8.13. The van der Waals surface area contributed by atoms with Crippen LogP contribution in [-0.2, 0) is 60.3 Å². The van der Waals surface area contributed by atoms with E-state index in [0.29, 0.717) is 0 Å². The number of aliphatic hydroxyl groups excluding tert-OH is 2. The minimum atomic E-state index is -5.60. The molecular formula is C28H44N7O20P3S. The Labute approximate surface area is 338 Å². The van der Waals surface area contributed by atoms with E-state index in [9.17, 15) is 67.5 Å². The molecular weight excluding hydrogens is 879 g/mol. The summed E-state index contributed by atoms with van der Waals surface area (Å²) in [5.74, 6) is -2.94. The van der Waals surface area contributed by atoms with Gasteiger partial charge < -0.3 is 56.0 Å². The van der Waals surface area contributed by atoms with Gasteiger partial charge in [-0.05, 0) is 6.42 Å². The van der Waals surface area contributed by atoms with Crippen LogP contribution in [0.5, 0.6) is 0 Å². The molecule has 31 heteroatoms. The quantitative estimate of drug-likeness (QED) is 0.0320.